The number of methoxy groups -OCH3 is 2. The Bertz CT molecular complexity index is 414. The summed E-state index contributed by atoms with van der Waals surface area (Å²) in [4.78, 5) is 22.7. The first-order valence-electron chi connectivity index (χ1n) is 5.46. The summed E-state index contributed by atoms with van der Waals surface area (Å²) in [7, 11) is 2.52. The number of halogens is 1. The minimum Gasteiger partial charge on any atom is -0.469 e. The molecule has 0 aromatic heterocycles. The second-order valence-corrected chi connectivity index (χ2v) is 3.83. The van der Waals surface area contributed by atoms with Gasteiger partial charge in [0.1, 0.15) is 5.82 Å². The van der Waals surface area contributed by atoms with Gasteiger partial charge in [0.25, 0.3) is 0 Å². The number of benzene rings is 1. The first-order chi connectivity index (χ1) is 8.56. The fourth-order valence-electron chi connectivity index (χ4n) is 1.60. The average Bonchev–Trinajstić information content (AvgIpc) is 2.39. The Hall–Kier alpha value is -1.91. The highest BCUT2D eigenvalue weighted by Crippen LogP contribution is 2.15. The average molecular weight is 254 g/mol. The van der Waals surface area contributed by atoms with Crippen molar-refractivity contribution in [1.82, 2.24) is 0 Å². The van der Waals surface area contributed by atoms with E-state index in [4.69, 9.17) is 0 Å². The molecule has 0 saturated heterocycles. The maximum atomic E-state index is 12.7. The van der Waals surface area contributed by atoms with Crippen molar-refractivity contribution in [3.63, 3.8) is 0 Å². The van der Waals surface area contributed by atoms with E-state index in [-0.39, 0.29) is 12.2 Å². The topological polar surface area (TPSA) is 52.6 Å². The van der Waals surface area contributed by atoms with Crippen LogP contribution in [-0.4, -0.2) is 26.2 Å². The van der Waals surface area contributed by atoms with Crippen molar-refractivity contribution < 1.29 is 23.5 Å². The molecule has 98 valence electrons. The minimum absolute atomic E-state index is 0.0550. The van der Waals surface area contributed by atoms with Crippen LogP contribution >= 0.6 is 0 Å². The molecule has 0 bridgehead atoms. The van der Waals surface area contributed by atoms with E-state index in [9.17, 15) is 14.0 Å². The van der Waals surface area contributed by atoms with E-state index >= 15 is 0 Å². The normalized spacial score (nSPS) is 11.7. The summed E-state index contributed by atoms with van der Waals surface area (Å²) in [6.45, 7) is 0. The molecule has 0 heterocycles. The fraction of sp³-hybridized carbons (Fsp3) is 0.385. The summed E-state index contributed by atoms with van der Waals surface area (Å²) in [5.74, 6) is -1.92. The van der Waals surface area contributed by atoms with Crippen molar-refractivity contribution in [1.29, 1.82) is 0 Å². The van der Waals surface area contributed by atoms with Crippen LogP contribution in [0.5, 0.6) is 0 Å². The van der Waals surface area contributed by atoms with Crippen LogP contribution in [0, 0.1) is 11.7 Å². The number of carbonyl (C=O) groups is 2. The number of ether oxygens (including phenoxy) is 2. The predicted molar refractivity (Wildman–Crippen MR) is 62.2 cm³/mol. The van der Waals surface area contributed by atoms with Gasteiger partial charge >= 0.3 is 11.9 Å². The third kappa shape index (κ3) is 4.16. The van der Waals surface area contributed by atoms with Gasteiger partial charge in [-0.3, -0.25) is 9.59 Å². The van der Waals surface area contributed by atoms with Crippen LogP contribution in [0.1, 0.15) is 12.0 Å². The largest absolute Gasteiger partial charge is 0.469 e. The van der Waals surface area contributed by atoms with E-state index in [0.29, 0.717) is 6.42 Å². The molecule has 0 radical (unpaired) electrons. The van der Waals surface area contributed by atoms with Gasteiger partial charge < -0.3 is 9.47 Å². The smallest absolute Gasteiger partial charge is 0.309 e. The zero-order valence-corrected chi connectivity index (χ0v) is 10.3. The summed E-state index contributed by atoms with van der Waals surface area (Å²) < 4.78 is 21.9. The monoisotopic (exact) mass is 254 g/mol. The molecule has 0 spiro atoms. The third-order valence-electron chi connectivity index (χ3n) is 2.57. The van der Waals surface area contributed by atoms with Crippen LogP contribution in [0.15, 0.2) is 24.3 Å². The number of carbonyl (C=O) groups excluding carboxylic acids is 2. The van der Waals surface area contributed by atoms with Gasteiger partial charge in [0.2, 0.25) is 0 Å². The van der Waals surface area contributed by atoms with E-state index in [1.54, 1.807) is 12.1 Å². The first kappa shape index (κ1) is 14.2. The van der Waals surface area contributed by atoms with Crippen molar-refractivity contribution in [2.24, 2.45) is 5.92 Å². The second-order valence-electron chi connectivity index (χ2n) is 3.83. The van der Waals surface area contributed by atoms with Crippen molar-refractivity contribution >= 4 is 11.9 Å². The predicted octanol–water partition coefficient (Wildman–Crippen LogP) is 1.72. The zero-order valence-electron chi connectivity index (χ0n) is 10.3. The molecule has 5 heteroatoms. The molecular weight excluding hydrogens is 239 g/mol. The van der Waals surface area contributed by atoms with Crippen LogP contribution < -0.4 is 0 Å². The van der Waals surface area contributed by atoms with Gasteiger partial charge in [-0.15, -0.1) is 0 Å². The molecule has 18 heavy (non-hydrogen) atoms. The SMILES string of the molecule is COC(=O)C[C@@H](Cc1ccc(F)cc1)C(=O)OC. The summed E-state index contributed by atoms with van der Waals surface area (Å²) in [6.07, 6.45) is 0.253. The van der Waals surface area contributed by atoms with E-state index in [2.05, 4.69) is 9.47 Å². The van der Waals surface area contributed by atoms with E-state index in [1.807, 2.05) is 0 Å². The highest BCUT2D eigenvalue weighted by Gasteiger charge is 2.23. The molecule has 0 aliphatic carbocycles. The van der Waals surface area contributed by atoms with E-state index in [1.165, 1.54) is 26.4 Å². The molecule has 1 aromatic rings. The van der Waals surface area contributed by atoms with Gasteiger partial charge in [0, 0.05) is 0 Å². The molecule has 0 saturated carbocycles. The lowest BCUT2D eigenvalue weighted by atomic mass is 9.96. The standard InChI is InChI=1S/C13H15FO4/c1-17-12(15)8-10(13(16)18-2)7-9-3-5-11(14)6-4-9/h3-6,10H,7-8H2,1-2H3/t10-/m1/s1. The van der Waals surface area contributed by atoms with Crippen LogP contribution in [0.2, 0.25) is 0 Å². The summed E-state index contributed by atoms with van der Waals surface area (Å²) in [6, 6.07) is 5.76. The molecule has 1 rings (SSSR count). The molecule has 1 atom stereocenters. The molecule has 4 nitrogen and oxygen atoms in total. The van der Waals surface area contributed by atoms with Gasteiger partial charge in [-0.25, -0.2) is 4.39 Å². The molecule has 0 aliphatic rings. The molecule has 0 aliphatic heterocycles. The van der Waals surface area contributed by atoms with Gasteiger partial charge in [-0.05, 0) is 24.1 Å². The molecular formula is C13H15FO4. The van der Waals surface area contributed by atoms with Crippen LogP contribution in [0.3, 0.4) is 0 Å². The first-order valence-corrected chi connectivity index (χ1v) is 5.46. The third-order valence-corrected chi connectivity index (χ3v) is 2.57. The van der Waals surface area contributed by atoms with Crippen molar-refractivity contribution in [2.75, 3.05) is 14.2 Å². The quantitative estimate of drug-likeness (QED) is 0.751. The lowest BCUT2D eigenvalue weighted by Crippen LogP contribution is -2.22. The number of hydrogen-bond donors (Lipinski definition) is 0. The maximum absolute atomic E-state index is 12.7. The Kier molecular flexibility index (Phi) is 5.30. The Balaban J connectivity index is 2.74. The zero-order chi connectivity index (χ0) is 13.5. The van der Waals surface area contributed by atoms with Gasteiger partial charge in [0.15, 0.2) is 0 Å². The molecule has 0 fully saturated rings. The number of esters is 2. The van der Waals surface area contributed by atoms with E-state index < -0.39 is 17.9 Å². The summed E-state index contributed by atoms with van der Waals surface area (Å²) in [5, 5.41) is 0. The molecule has 0 unspecified atom stereocenters. The second kappa shape index (κ2) is 6.74. The number of rotatable bonds is 5. The van der Waals surface area contributed by atoms with Gasteiger partial charge in [-0.2, -0.15) is 0 Å². The van der Waals surface area contributed by atoms with E-state index in [0.717, 1.165) is 5.56 Å². The van der Waals surface area contributed by atoms with Crippen molar-refractivity contribution in [2.45, 2.75) is 12.8 Å². The molecule has 0 N–H and O–H groups in total. The van der Waals surface area contributed by atoms with Gasteiger partial charge in [-0.1, -0.05) is 12.1 Å². The van der Waals surface area contributed by atoms with Crippen molar-refractivity contribution in [3.05, 3.63) is 35.6 Å². The maximum Gasteiger partial charge on any atom is 0.309 e. The lowest BCUT2D eigenvalue weighted by molar-refractivity contribution is -0.151. The molecule has 0 amide bonds. The minimum atomic E-state index is -0.618. The Morgan fingerprint density at radius 1 is 1.17 bits per heavy atom. The van der Waals surface area contributed by atoms with Crippen LogP contribution in [0.4, 0.5) is 4.39 Å². The lowest BCUT2D eigenvalue weighted by Gasteiger charge is -2.13. The van der Waals surface area contributed by atoms with Gasteiger partial charge in [0.05, 0.1) is 26.6 Å². The fourth-order valence-corrected chi connectivity index (χ4v) is 1.60. The highest BCUT2D eigenvalue weighted by atomic mass is 19.1. The Labute approximate surface area is 105 Å². The molecule has 1 aromatic carbocycles. The van der Waals surface area contributed by atoms with Crippen LogP contribution in [0.25, 0.3) is 0 Å². The summed E-state index contributed by atoms with van der Waals surface area (Å²) >= 11 is 0. The van der Waals surface area contributed by atoms with Crippen molar-refractivity contribution in [3.8, 4) is 0 Å². The Morgan fingerprint density at radius 3 is 2.28 bits per heavy atom. The highest BCUT2D eigenvalue weighted by molar-refractivity contribution is 5.80. The van der Waals surface area contributed by atoms with Crippen LogP contribution in [-0.2, 0) is 25.5 Å². The number of hydrogen-bond acceptors (Lipinski definition) is 4. The Morgan fingerprint density at radius 2 is 1.78 bits per heavy atom. The summed E-state index contributed by atoms with van der Waals surface area (Å²) in [5.41, 5.74) is 0.760.